The van der Waals surface area contributed by atoms with E-state index in [-0.39, 0.29) is 17.7 Å². The Morgan fingerprint density at radius 2 is 1.84 bits per heavy atom. The van der Waals surface area contributed by atoms with Gasteiger partial charge in [-0.15, -0.1) is 0 Å². The van der Waals surface area contributed by atoms with Crippen molar-refractivity contribution in [2.45, 2.75) is 51.4 Å². The van der Waals surface area contributed by atoms with E-state index in [1.54, 1.807) is 4.90 Å². The van der Waals surface area contributed by atoms with Crippen LogP contribution in [0.15, 0.2) is 16.7 Å². The predicted molar refractivity (Wildman–Crippen MR) is 89.9 cm³/mol. The summed E-state index contributed by atoms with van der Waals surface area (Å²) in [5, 5.41) is 13.4. The standard InChI is InChI=1S/C18H25N3O4/c1-11(2)15-19-16(25-20-15)12-7-9-21(10-8-12)17(22)13-5-3-4-6-14(13)18(23)24/h3-4,11-14H,5-10H2,1-2H3,(H,23,24). The molecule has 136 valence electrons. The molecule has 3 rings (SSSR count). The fourth-order valence-electron chi connectivity index (χ4n) is 3.59. The summed E-state index contributed by atoms with van der Waals surface area (Å²) in [4.78, 5) is 30.5. The zero-order valence-corrected chi connectivity index (χ0v) is 14.7. The van der Waals surface area contributed by atoms with E-state index < -0.39 is 17.8 Å². The number of nitrogens with zero attached hydrogens (tertiary/aromatic N) is 3. The van der Waals surface area contributed by atoms with Crippen molar-refractivity contribution < 1.29 is 19.2 Å². The molecule has 7 heteroatoms. The van der Waals surface area contributed by atoms with Gasteiger partial charge in [0.05, 0.1) is 11.8 Å². The maximum atomic E-state index is 12.8. The monoisotopic (exact) mass is 347 g/mol. The van der Waals surface area contributed by atoms with E-state index in [9.17, 15) is 14.7 Å². The average Bonchev–Trinajstić information content (AvgIpc) is 3.11. The van der Waals surface area contributed by atoms with Crippen LogP contribution in [0.1, 0.15) is 63.1 Å². The molecule has 1 aromatic rings. The summed E-state index contributed by atoms with van der Waals surface area (Å²) in [6.07, 6.45) is 6.26. The normalized spacial score (nSPS) is 24.7. The second kappa shape index (κ2) is 7.37. The fourth-order valence-corrected chi connectivity index (χ4v) is 3.59. The Hall–Kier alpha value is -2.18. The van der Waals surface area contributed by atoms with Crippen molar-refractivity contribution in [2.24, 2.45) is 11.8 Å². The molecular weight excluding hydrogens is 322 g/mol. The lowest BCUT2D eigenvalue weighted by Crippen LogP contribution is -2.45. The van der Waals surface area contributed by atoms with Crippen LogP contribution in [0, 0.1) is 11.8 Å². The predicted octanol–water partition coefficient (Wildman–Crippen LogP) is 2.57. The highest BCUT2D eigenvalue weighted by Crippen LogP contribution is 2.32. The van der Waals surface area contributed by atoms with Crippen LogP contribution >= 0.6 is 0 Å². The summed E-state index contributed by atoms with van der Waals surface area (Å²) in [6.45, 7) is 5.26. The van der Waals surface area contributed by atoms with Gasteiger partial charge in [-0.2, -0.15) is 4.98 Å². The molecule has 0 aromatic carbocycles. The molecule has 2 aliphatic rings. The molecule has 1 aliphatic carbocycles. The maximum Gasteiger partial charge on any atom is 0.307 e. The summed E-state index contributed by atoms with van der Waals surface area (Å²) in [5.41, 5.74) is 0. The number of likely N-dealkylation sites (tertiary alicyclic amines) is 1. The Balaban J connectivity index is 1.60. The Labute approximate surface area is 147 Å². The van der Waals surface area contributed by atoms with Crippen LogP contribution in [0.5, 0.6) is 0 Å². The van der Waals surface area contributed by atoms with E-state index in [1.807, 2.05) is 26.0 Å². The van der Waals surface area contributed by atoms with E-state index in [0.29, 0.717) is 37.6 Å². The zero-order chi connectivity index (χ0) is 18.0. The van der Waals surface area contributed by atoms with Gasteiger partial charge in [0, 0.05) is 24.9 Å². The van der Waals surface area contributed by atoms with Gasteiger partial charge < -0.3 is 14.5 Å². The second-order valence-corrected chi connectivity index (χ2v) is 7.24. The van der Waals surface area contributed by atoms with Gasteiger partial charge in [0.15, 0.2) is 5.82 Å². The number of carboxylic acids is 1. The minimum Gasteiger partial charge on any atom is -0.481 e. The van der Waals surface area contributed by atoms with Gasteiger partial charge in [-0.25, -0.2) is 0 Å². The highest BCUT2D eigenvalue weighted by Gasteiger charge is 2.38. The van der Waals surface area contributed by atoms with Crippen molar-refractivity contribution in [1.29, 1.82) is 0 Å². The van der Waals surface area contributed by atoms with Crippen LogP contribution in [0.4, 0.5) is 0 Å². The van der Waals surface area contributed by atoms with Crippen molar-refractivity contribution in [3.63, 3.8) is 0 Å². The number of amides is 1. The summed E-state index contributed by atoms with van der Waals surface area (Å²) in [5.74, 6) is -0.216. The number of carbonyl (C=O) groups is 2. The lowest BCUT2D eigenvalue weighted by atomic mass is 9.81. The number of carboxylic acid groups (broad SMARTS) is 1. The van der Waals surface area contributed by atoms with Gasteiger partial charge in [-0.05, 0) is 25.7 Å². The zero-order valence-electron chi connectivity index (χ0n) is 14.7. The number of piperidine rings is 1. The molecule has 1 aliphatic heterocycles. The summed E-state index contributed by atoms with van der Waals surface area (Å²) >= 11 is 0. The van der Waals surface area contributed by atoms with Crippen molar-refractivity contribution in [1.82, 2.24) is 15.0 Å². The first-order valence-electron chi connectivity index (χ1n) is 8.97. The molecule has 0 saturated carbocycles. The second-order valence-electron chi connectivity index (χ2n) is 7.24. The van der Waals surface area contributed by atoms with Crippen LogP contribution in [-0.2, 0) is 9.59 Å². The summed E-state index contributed by atoms with van der Waals surface area (Å²) < 4.78 is 5.37. The summed E-state index contributed by atoms with van der Waals surface area (Å²) in [7, 11) is 0. The molecule has 2 heterocycles. The van der Waals surface area contributed by atoms with E-state index in [1.165, 1.54) is 0 Å². The first kappa shape index (κ1) is 17.6. The number of allylic oxidation sites excluding steroid dienone is 2. The average molecular weight is 347 g/mol. The van der Waals surface area contributed by atoms with Crippen molar-refractivity contribution in [2.75, 3.05) is 13.1 Å². The molecule has 1 amide bonds. The first-order chi connectivity index (χ1) is 12.0. The largest absolute Gasteiger partial charge is 0.481 e. The molecule has 2 unspecified atom stereocenters. The van der Waals surface area contributed by atoms with Gasteiger partial charge in [-0.1, -0.05) is 31.2 Å². The Morgan fingerprint density at radius 3 is 2.40 bits per heavy atom. The highest BCUT2D eigenvalue weighted by molar-refractivity contribution is 5.85. The molecule has 1 saturated heterocycles. The van der Waals surface area contributed by atoms with Crippen LogP contribution in [-0.4, -0.2) is 45.1 Å². The van der Waals surface area contributed by atoms with Gasteiger partial charge in [0.25, 0.3) is 0 Å². The van der Waals surface area contributed by atoms with E-state index in [0.717, 1.165) is 12.8 Å². The number of aromatic nitrogens is 2. The highest BCUT2D eigenvalue weighted by atomic mass is 16.5. The molecule has 0 bridgehead atoms. The molecule has 7 nitrogen and oxygen atoms in total. The molecule has 1 aromatic heterocycles. The molecule has 0 radical (unpaired) electrons. The molecule has 25 heavy (non-hydrogen) atoms. The van der Waals surface area contributed by atoms with Crippen LogP contribution < -0.4 is 0 Å². The van der Waals surface area contributed by atoms with E-state index in [2.05, 4.69) is 10.1 Å². The number of hydrogen-bond donors (Lipinski definition) is 1. The minimum absolute atomic E-state index is 0.0383. The Morgan fingerprint density at radius 1 is 1.20 bits per heavy atom. The van der Waals surface area contributed by atoms with E-state index in [4.69, 9.17) is 4.52 Å². The summed E-state index contributed by atoms with van der Waals surface area (Å²) in [6, 6.07) is 0. The van der Waals surface area contributed by atoms with Gasteiger partial charge in [0.2, 0.25) is 11.8 Å². The topological polar surface area (TPSA) is 96.5 Å². The molecule has 0 spiro atoms. The van der Waals surface area contributed by atoms with Crippen molar-refractivity contribution in [3.05, 3.63) is 23.9 Å². The van der Waals surface area contributed by atoms with Crippen molar-refractivity contribution >= 4 is 11.9 Å². The first-order valence-corrected chi connectivity index (χ1v) is 8.97. The third-order valence-electron chi connectivity index (χ3n) is 5.20. The lowest BCUT2D eigenvalue weighted by Gasteiger charge is -2.35. The van der Waals surface area contributed by atoms with Gasteiger partial charge in [0.1, 0.15) is 0 Å². The minimum atomic E-state index is -0.885. The molecule has 1 N–H and O–H groups in total. The van der Waals surface area contributed by atoms with Gasteiger partial charge in [-0.3, -0.25) is 9.59 Å². The third-order valence-corrected chi connectivity index (χ3v) is 5.20. The smallest absolute Gasteiger partial charge is 0.307 e. The van der Waals surface area contributed by atoms with Gasteiger partial charge >= 0.3 is 5.97 Å². The lowest BCUT2D eigenvalue weighted by molar-refractivity contribution is -0.151. The maximum absolute atomic E-state index is 12.8. The Bertz CT molecular complexity index is 659. The van der Waals surface area contributed by atoms with Crippen molar-refractivity contribution in [3.8, 4) is 0 Å². The molecule has 2 atom stereocenters. The number of rotatable bonds is 4. The number of aliphatic carboxylic acids is 1. The SMILES string of the molecule is CC(C)c1noc(C2CCN(C(=O)C3CC=CCC3C(=O)O)CC2)n1. The number of hydrogen-bond acceptors (Lipinski definition) is 5. The van der Waals surface area contributed by atoms with Crippen LogP contribution in [0.3, 0.4) is 0 Å². The van der Waals surface area contributed by atoms with Crippen LogP contribution in [0.25, 0.3) is 0 Å². The Kier molecular flexibility index (Phi) is 5.20. The fraction of sp³-hybridized carbons (Fsp3) is 0.667. The quantitative estimate of drug-likeness (QED) is 0.841. The molecule has 1 fully saturated rings. The number of carbonyl (C=O) groups excluding carboxylic acids is 1. The van der Waals surface area contributed by atoms with E-state index >= 15 is 0 Å². The van der Waals surface area contributed by atoms with Crippen LogP contribution in [0.2, 0.25) is 0 Å². The molecular formula is C18H25N3O4. The third kappa shape index (κ3) is 3.75.